The predicted molar refractivity (Wildman–Crippen MR) is 128 cm³/mol. The van der Waals surface area contributed by atoms with Crippen LogP contribution in [0.3, 0.4) is 0 Å². The van der Waals surface area contributed by atoms with Gasteiger partial charge in [0.1, 0.15) is 11.3 Å². The van der Waals surface area contributed by atoms with Crippen LogP contribution in [0.25, 0.3) is 11.0 Å². The van der Waals surface area contributed by atoms with Crippen molar-refractivity contribution in [3.63, 3.8) is 0 Å². The molecule has 4 heterocycles. The highest BCUT2D eigenvalue weighted by atomic mass is 16.5. The number of piperazine rings is 1. The average Bonchev–Trinajstić information content (AvgIpc) is 3.37. The Morgan fingerprint density at radius 2 is 1.97 bits per heavy atom. The van der Waals surface area contributed by atoms with Crippen molar-refractivity contribution in [2.24, 2.45) is 0 Å². The summed E-state index contributed by atoms with van der Waals surface area (Å²) in [5.74, 6) is 1.19. The van der Waals surface area contributed by atoms with Gasteiger partial charge in [-0.3, -0.25) is 10.00 Å². The summed E-state index contributed by atoms with van der Waals surface area (Å²) in [5.41, 5.74) is 10.6. The van der Waals surface area contributed by atoms with E-state index in [1.165, 1.54) is 18.4 Å². The lowest BCUT2D eigenvalue weighted by atomic mass is 10.0. The average molecular weight is 452 g/mol. The zero-order valence-corrected chi connectivity index (χ0v) is 19.4. The quantitative estimate of drug-likeness (QED) is 0.426. The molecule has 2 atom stereocenters. The molecule has 5 rings (SSSR count). The second kappa shape index (κ2) is 9.52. The second-order valence-corrected chi connectivity index (χ2v) is 9.15. The zero-order valence-electron chi connectivity index (χ0n) is 19.4. The van der Waals surface area contributed by atoms with Gasteiger partial charge in [0.15, 0.2) is 11.3 Å². The summed E-state index contributed by atoms with van der Waals surface area (Å²) in [5, 5.41) is 11.1. The Bertz CT molecular complexity index is 1100. The molecule has 2 fully saturated rings. The molecule has 2 bridgehead atoms. The van der Waals surface area contributed by atoms with E-state index in [4.69, 9.17) is 15.2 Å². The van der Waals surface area contributed by atoms with Crippen LogP contribution in [-0.2, 0) is 13.0 Å². The van der Waals surface area contributed by atoms with E-state index >= 15 is 0 Å². The Balaban J connectivity index is 1.34. The first kappa shape index (κ1) is 21.9. The van der Waals surface area contributed by atoms with Gasteiger partial charge in [0.25, 0.3) is 0 Å². The Morgan fingerprint density at radius 3 is 2.73 bits per heavy atom. The lowest BCUT2D eigenvalue weighted by Gasteiger charge is -2.32. The highest BCUT2D eigenvalue weighted by Gasteiger charge is 2.32. The van der Waals surface area contributed by atoms with Crippen molar-refractivity contribution in [2.45, 2.75) is 57.7 Å². The van der Waals surface area contributed by atoms with Gasteiger partial charge in [0, 0.05) is 43.7 Å². The van der Waals surface area contributed by atoms with Crippen molar-refractivity contribution in [1.82, 2.24) is 30.4 Å². The summed E-state index contributed by atoms with van der Waals surface area (Å²) in [6.07, 6.45) is 5.17. The molecule has 0 aliphatic carbocycles. The number of ether oxygens (including phenoxy) is 2. The maximum Gasteiger partial charge on any atom is 0.319 e. The summed E-state index contributed by atoms with van der Waals surface area (Å²) < 4.78 is 11.4. The molecule has 176 valence electrons. The molecule has 2 aliphatic rings. The van der Waals surface area contributed by atoms with Gasteiger partial charge in [-0.05, 0) is 30.9 Å². The fourth-order valence-electron chi connectivity index (χ4n) is 4.94. The lowest BCUT2D eigenvalue weighted by Crippen LogP contribution is -2.50. The molecule has 2 saturated heterocycles. The summed E-state index contributed by atoms with van der Waals surface area (Å²) in [6.45, 7) is 5.86. The van der Waals surface area contributed by atoms with Gasteiger partial charge >= 0.3 is 6.01 Å². The Labute approximate surface area is 194 Å². The molecular formula is C24H33N7O2. The van der Waals surface area contributed by atoms with E-state index in [9.17, 15) is 0 Å². The molecule has 1 aromatic carbocycles. The van der Waals surface area contributed by atoms with Crippen molar-refractivity contribution in [3.8, 4) is 11.8 Å². The molecule has 0 radical (unpaired) electrons. The molecule has 0 spiro atoms. The molecule has 0 saturated carbocycles. The normalized spacial score (nSPS) is 20.4. The number of rotatable bonds is 9. The molecule has 33 heavy (non-hydrogen) atoms. The number of nitrogen functional groups attached to an aromatic ring is 1. The van der Waals surface area contributed by atoms with Crippen LogP contribution in [0, 0.1) is 0 Å². The van der Waals surface area contributed by atoms with Crippen LogP contribution >= 0.6 is 0 Å². The van der Waals surface area contributed by atoms with Crippen molar-refractivity contribution in [3.05, 3.63) is 35.0 Å². The molecule has 2 aromatic heterocycles. The molecule has 9 nitrogen and oxygen atoms in total. The van der Waals surface area contributed by atoms with Crippen LogP contribution in [0.15, 0.2) is 18.2 Å². The number of hydrogen-bond donors (Lipinski definition) is 3. The number of hydrogen-bond acceptors (Lipinski definition) is 8. The number of H-pyrrole nitrogens is 1. The van der Waals surface area contributed by atoms with Gasteiger partial charge in [-0.15, -0.1) is 0 Å². The van der Waals surface area contributed by atoms with Crippen molar-refractivity contribution >= 4 is 16.9 Å². The second-order valence-electron chi connectivity index (χ2n) is 9.15. The fourth-order valence-corrected chi connectivity index (χ4v) is 4.94. The van der Waals surface area contributed by atoms with Crippen molar-refractivity contribution in [2.75, 3.05) is 32.5 Å². The predicted octanol–water partition coefficient (Wildman–Crippen LogP) is 2.65. The number of unbranched alkanes of at least 4 members (excludes halogenated alkanes) is 1. The van der Waals surface area contributed by atoms with Crippen LogP contribution in [0.1, 0.15) is 49.4 Å². The number of likely N-dealkylation sites (tertiary alicyclic amines) is 1. The fraction of sp³-hybridized carbons (Fsp3) is 0.542. The van der Waals surface area contributed by atoms with Gasteiger partial charge < -0.3 is 20.5 Å². The molecule has 0 amide bonds. The molecule has 3 aromatic rings. The van der Waals surface area contributed by atoms with Crippen LogP contribution < -0.4 is 20.5 Å². The Kier molecular flexibility index (Phi) is 6.32. The standard InChI is InChI=1S/C24H33N7O2/c1-3-4-9-33-24-27-21-19(29-30-22(21)23(25)28-24)11-16-6-5-15(10-20(16)32-2)12-31-13-17-7-8-18(14-31)26-17/h5-6,10,17-18,26H,3-4,7-9,11-14H2,1-2H3,(H,29,30)(H2,25,27,28). The van der Waals surface area contributed by atoms with Crippen LogP contribution in [0.5, 0.6) is 11.8 Å². The van der Waals surface area contributed by atoms with Gasteiger partial charge in [-0.1, -0.05) is 25.5 Å². The summed E-state index contributed by atoms with van der Waals surface area (Å²) in [7, 11) is 1.72. The Hall–Kier alpha value is -2.91. The first-order valence-electron chi connectivity index (χ1n) is 11.9. The van der Waals surface area contributed by atoms with Gasteiger partial charge in [0.05, 0.1) is 19.4 Å². The smallest absolute Gasteiger partial charge is 0.319 e. The van der Waals surface area contributed by atoms with Gasteiger partial charge in [-0.25, -0.2) is 0 Å². The maximum absolute atomic E-state index is 6.11. The van der Waals surface area contributed by atoms with E-state index in [0.29, 0.717) is 48.0 Å². The number of benzene rings is 1. The first-order chi connectivity index (χ1) is 16.1. The van der Waals surface area contributed by atoms with Crippen LogP contribution in [0.4, 0.5) is 5.82 Å². The van der Waals surface area contributed by atoms with Crippen molar-refractivity contribution < 1.29 is 9.47 Å². The van der Waals surface area contributed by atoms with Gasteiger partial charge in [-0.2, -0.15) is 15.1 Å². The number of aromatic amines is 1. The number of nitrogens with two attached hydrogens (primary N) is 1. The maximum atomic E-state index is 6.11. The minimum Gasteiger partial charge on any atom is -0.496 e. The van der Waals surface area contributed by atoms with E-state index < -0.39 is 0 Å². The summed E-state index contributed by atoms with van der Waals surface area (Å²) in [6, 6.07) is 8.07. The Morgan fingerprint density at radius 1 is 1.15 bits per heavy atom. The summed E-state index contributed by atoms with van der Waals surface area (Å²) in [4.78, 5) is 11.4. The van der Waals surface area contributed by atoms with E-state index in [1.807, 2.05) is 0 Å². The van der Waals surface area contributed by atoms with Gasteiger partial charge in [0.2, 0.25) is 0 Å². The van der Waals surface area contributed by atoms with E-state index in [0.717, 1.165) is 49.5 Å². The van der Waals surface area contributed by atoms with E-state index in [1.54, 1.807) is 7.11 Å². The zero-order chi connectivity index (χ0) is 22.8. The highest BCUT2D eigenvalue weighted by molar-refractivity contribution is 5.86. The minimum absolute atomic E-state index is 0.295. The molecule has 4 N–H and O–H groups in total. The summed E-state index contributed by atoms with van der Waals surface area (Å²) >= 11 is 0. The minimum atomic E-state index is 0.295. The van der Waals surface area contributed by atoms with Crippen LogP contribution in [0.2, 0.25) is 0 Å². The van der Waals surface area contributed by atoms with Crippen molar-refractivity contribution in [1.29, 1.82) is 0 Å². The number of nitrogens with one attached hydrogen (secondary N) is 2. The topological polar surface area (TPSA) is 114 Å². The third kappa shape index (κ3) is 4.74. The van der Waals surface area contributed by atoms with E-state index in [-0.39, 0.29) is 0 Å². The molecule has 9 heteroatoms. The molecular weight excluding hydrogens is 418 g/mol. The first-order valence-corrected chi connectivity index (χ1v) is 11.9. The SMILES string of the molecule is CCCCOc1nc(N)c2n[nH]c(Cc3ccc(CN4CC5CCC(C4)N5)cc3OC)c2n1. The lowest BCUT2D eigenvalue weighted by molar-refractivity contribution is 0.188. The number of fused-ring (bicyclic) bond motifs is 3. The third-order valence-corrected chi connectivity index (χ3v) is 6.63. The largest absolute Gasteiger partial charge is 0.496 e. The number of methoxy groups -OCH3 is 1. The highest BCUT2D eigenvalue weighted by Crippen LogP contribution is 2.28. The number of aromatic nitrogens is 4. The molecule has 2 aliphatic heterocycles. The van der Waals surface area contributed by atoms with E-state index in [2.05, 4.69) is 55.5 Å². The number of anilines is 1. The number of nitrogens with zero attached hydrogens (tertiary/aromatic N) is 4. The third-order valence-electron chi connectivity index (χ3n) is 6.63. The molecule has 2 unspecified atom stereocenters. The monoisotopic (exact) mass is 451 g/mol. The van der Waals surface area contributed by atoms with Crippen LogP contribution in [-0.4, -0.2) is 64.0 Å².